The fourth-order valence-electron chi connectivity index (χ4n) is 2.29. The summed E-state index contributed by atoms with van der Waals surface area (Å²) in [6.45, 7) is 1.75. The monoisotopic (exact) mass is 352 g/mol. The molecule has 0 saturated heterocycles. The first-order chi connectivity index (χ1) is 12.2. The van der Waals surface area contributed by atoms with Crippen molar-refractivity contribution in [2.75, 3.05) is 5.43 Å². The molecular formula is C16H12N6O2S. The van der Waals surface area contributed by atoms with Gasteiger partial charge in [0, 0.05) is 35.6 Å². The summed E-state index contributed by atoms with van der Waals surface area (Å²) in [4.78, 5) is 28.9. The van der Waals surface area contributed by atoms with E-state index in [9.17, 15) is 4.79 Å². The van der Waals surface area contributed by atoms with Gasteiger partial charge in [0.05, 0.1) is 17.4 Å². The van der Waals surface area contributed by atoms with Crippen molar-refractivity contribution < 1.29 is 9.53 Å². The predicted molar refractivity (Wildman–Crippen MR) is 93.0 cm³/mol. The fourth-order valence-corrected chi connectivity index (χ4v) is 2.87. The van der Waals surface area contributed by atoms with E-state index in [1.54, 1.807) is 42.5 Å². The first-order valence-electron chi connectivity index (χ1n) is 7.34. The number of aromatic nitrogens is 5. The van der Waals surface area contributed by atoms with Gasteiger partial charge in [0.1, 0.15) is 0 Å². The van der Waals surface area contributed by atoms with Gasteiger partial charge in [-0.1, -0.05) is 0 Å². The van der Waals surface area contributed by atoms with Crippen molar-refractivity contribution in [3.8, 4) is 16.6 Å². The fraction of sp³-hybridized carbons (Fsp3) is 0.0625. The molecule has 0 aromatic carbocycles. The lowest BCUT2D eigenvalue weighted by Gasteiger charge is -2.10. The highest BCUT2D eigenvalue weighted by Gasteiger charge is 2.12. The number of pyridine rings is 1. The van der Waals surface area contributed by atoms with Crippen molar-refractivity contribution in [1.29, 1.82) is 0 Å². The number of thiazole rings is 1. The largest absolute Gasteiger partial charge is 0.432 e. The van der Waals surface area contributed by atoms with Gasteiger partial charge in [-0.2, -0.15) is 0 Å². The Balaban J connectivity index is 1.51. The molecule has 1 N–H and O–H groups in total. The number of carbonyl (C=O) groups is 1. The van der Waals surface area contributed by atoms with Crippen LogP contribution in [-0.2, 0) is 0 Å². The van der Waals surface area contributed by atoms with Crippen LogP contribution in [0.3, 0.4) is 0 Å². The van der Waals surface area contributed by atoms with Crippen molar-refractivity contribution in [2.24, 2.45) is 0 Å². The number of ether oxygens (including phenoxy) is 1. The van der Waals surface area contributed by atoms with E-state index in [1.807, 2.05) is 11.4 Å². The maximum atomic E-state index is 12.2. The SMILES string of the molecule is Cc1nc(-c2nccs2)ncc1OC(=O)Nn1ccc2cnccc21. The minimum absolute atomic E-state index is 0.288. The minimum atomic E-state index is -0.636. The molecule has 0 saturated carbocycles. The van der Waals surface area contributed by atoms with Crippen molar-refractivity contribution in [1.82, 2.24) is 24.6 Å². The maximum Gasteiger partial charge on any atom is 0.432 e. The van der Waals surface area contributed by atoms with Gasteiger partial charge in [0.15, 0.2) is 16.6 Å². The lowest BCUT2D eigenvalue weighted by Crippen LogP contribution is -2.25. The molecule has 0 spiro atoms. The minimum Gasteiger partial charge on any atom is -0.406 e. The Hall–Kier alpha value is -3.33. The van der Waals surface area contributed by atoms with Gasteiger partial charge < -0.3 is 4.74 Å². The molecule has 0 radical (unpaired) electrons. The number of nitrogens with zero attached hydrogens (tertiary/aromatic N) is 5. The summed E-state index contributed by atoms with van der Waals surface area (Å²) in [5, 5.41) is 3.48. The number of carbonyl (C=O) groups excluding carboxylic acids is 1. The van der Waals surface area contributed by atoms with Gasteiger partial charge in [0.25, 0.3) is 0 Å². The Morgan fingerprint density at radius 3 is 2.96 bits per heavy atom. The lowest BCUT2D eigenvalue weighted by atomic mass is 10.3. The van der Waals surface area contributed by atoms with Crippen LogP contribution < -0.4 is 10.2 Å². The van der Waals surface area contributed by atoms with Crippen LogP contribution in [0.5, 0.6) is 5.75 Å². The number of rotatable bonds is 3. The summed E-state index contributed by atoms with van der Waals surface area (Å²) in [6, 6.07) is 3.65. The first-order valence-corrected chi connectivity index (χ1v) is 8.22. The summed E-state index contributed by atoms with van der Waals surface area (Å²) in [6.07, 6.45) is 7.62. The molecule has 25 heavy (non-hydrogen) atoms. The van der Waals surface area contributed by atoms with E-state index in [-0.39, 0.29) is 5.75 Å². The van der Waals surface area contributed by atoms with Gasteiger partial charge >= 0.3 is 6.09 Å². The molecule has 124 valence electrons. The number of fused-ring (bicyclic) bond motifs is 1. The number of aryl methyl sites for hydroxylation is 1. The van der Waals surface area contributed by atoms with Crippen LogP contribution in [-0.4, -0.2) is 30.7 Å². The van der Waals surface area contributed by atoms with Gasteiger partial charge in [-0.15, -0.1) is 11.3 Å². The molecule has 0 aliphatic rings. The van der Waals surface area contributed by atoms with Crippen LogP contribution in [0.25, 0.3) is 21.7 Å². The van der Waals surface area contributed by atoms with E-state index in [0.717, 1.165) is 10.9 Å². The average molecular weight is 352 g/mol. The van der Waals surface area contributed by atoms with Gasteiger partial charge in [-0.25, -0.2) is 25.2 Å². The third-order valence-electron chi connectivity index (χ3n) is 3.46. The van der Waals surface area contributed by atoms with E-state index in [2.05, 4.69) is 25.4 Å². The van der Waals surface area contributed by atoms with Gasteiger partial charge in [0.2, 0.25) is 0 Å². The van der Waals surface area contributed by atoms with Crippen molar-refractivity contribution in [3.63, 3.8) is 0 Å². The maximum absolute atomic E-state index is 12.2. The highest BCUT2D eigenvalue weighted by molar-refractivity contribution is 7.12. The Bertz CT molecular complexity index is 1040. The lowest BCUT2D eigenvalue weighted by molar-refractivity contribution is 0.211. The summed E-state index contributed by atoms with van der Waals surface area (Å²) in [5.41, 5.74) is 4.02. The third-order valence-corrected chi connectivity index (χ3v) is 4.23. The number of nitrogens with one attached hydrogen (secondary N) is 1. The van der Waals surface area contributed by atoms with Crippen LogP contribution >= 0.6 is 11.3 Å². The van der Waals surface area contributed by atoms with E-state index in [0.29, 0.717) is 16.5 Å². The van der Waals surface area contributed by atoms with Crippen LogP contribution in [0.2, 0.25) is 0 Å². The molecule has 0 unspecified atom stereocenters. The molecular weight excluding hydrogens is 340 g/mol. The number of hydrogen-bond acceptors (Lipinski definition) is 7. The summed E-state index contributed by atoms with van der Waals surface area (Å²) in [7, 11) is 0. The summed E-state index contributed by atoms with van der Waals surface area (Å²) < 4.78 is 6.88. The molecule has 8 nitrogen and oxygen atoms in total. The predicted octanol–water partition coefficient (Wildman–Crippen LogP) is 3.00. The molecule has 0 aliphatic heterocycles. The highest BCUT2D eigenvalue weighted by Crippen LogP contribution is 2.22. The molecule has 9 heteroatoms. The molecule has 1 amide bonds. The zero-order valence-corrected chi connectivity index (χ0v) is 13.9. The third kappa shape index (κ3) is 3.04. The molecule has 4 aromatic heterocycles. The standard InChI is InChI=1S/C16H12N6O2S/c1-10-13(9-19-14(20-10)15-18-5-7-25-15)24-16(23)21-22-6-3-11-8-17-4-2-12(11)22/h2-9H,1H3,(H,21,23). The normalized spacial score (nSPS) is 10.8. The van der Waals surface area contributed by atoms with E-state index >= 15 is 0 Å². The molecule has 0 aliphatic carbocycles. The smallest absolute Gasteiger partial charge is 0.406 e. The van der Waals surface area contributed by atoms with Crippen LogP contribution in [0.1, 0.15) is 5.69 Å². The Morgan fingerprint density at radius 2 is 2.16 bits per heavy atom. The van der Waals surface area contributed by atoms with E-state index < -0.39 is 6.09 Å². The van der Waals surface area contributed by atoms with Gasteiger partial charge in [-0.3, -0.25) is 9.66 Å². The first kappa shape index (κ1) is 15.2. The topological polar surface area (TPSA) is 94.8 Å². The summed E-state index contributed by atoms with van der Waals surface area (Å²) in [5.74, 6) is 0.792. The highest BCUT2D eigenvalue weighted by atomic mass is 32.1. The van der Waals surface area contributed by atoms with Gasteiger partial charge in [-0.05, 0) is 19.1 Å². The Kier molecular flexibility index (Phi) is 3.82. The average Bonchev–Trinajstić information content (AvgIpc) is 3.27. The number of amides is 1. The number of hydrogen-bond donors (Lipinski definition) is 1. The van der Waals surface area contributed by atoms with Crippen LogP contribution in [0.4, 0.5) is 4.79 Å². The van der Waals surface area contributed by atoms with Crippen LogP contribution in [0.15, 0.2) is 48.5 Å². The van der Waals surface area contributed by atoms with Crippen molar-refractivity contribution >= 4 is 28.3 Å². The molecule has 4 heterocycles. The second-order valence-corrected chi connectivity index (χ2v) is 6.00. The zero-order valence-electron chi connectivity index (χ0n) is 13.1. The molecule has 0 bridgehead atoms. The Labute approximate surface area is 146 Å². The molecule has 4 rings (SSSR count). The summed E-state index contributed by atoms with van der Waals surface area (Å²) >= 11 is 1.44. The second-order valence-electron chi connectivity index (χ2n) is 5.10. The van der Waals surface area contributed by atoms with Crippen molar-refractivity contribution in [3.05, 3.63) is 54.2 Å². The molecule has 0 atom stereocenters. The Morgan fingerprint density at radius 1 is 1.24 bits per heavy atom. The molecule has 0 fully saturated rings. The van der Waals surface area contributed by atoms with E-state index in [1.165, 1.54) is 17.5 Å². The van der Waals surface area contributed by atoms with Crippen molar-refractivity contribution in [2.45, 2.75) is 6.92 Å². The van der Waals surface area contributed by atoms with E-state index in [4.69, 9.17) is 4.74 Å². The molecule has 4 aromatic rings. The quantitative estimate of drug-likeness (QED) is 0.609. The zero-order chi connectivity index (χ0) is 17.2. The second kappa shape index (κ2) is 6.29. The van der Waals surface area contributed by atoms with Crippen LogP contribution in [0, 0.1) is 6.92 Å².